The maximum Gasteiger partial charge on any atom is 0.281 e. The van der Waals surface area contributed by atoms with Crippen LogP contribution >= 0.6 is 22.9 Å². The van der Waals surface area contributed by atoms with Crippen LogP contribution in [0.2, 0.25) is 5.02 Å². The summed E-state index contributed by atoms with van der Waals surface area (Å²) >= 11 is 7.73. The number of carbonyl (C=O) groups excluding carboxylic acids is 1. The highest BCUT2D eigenvalue weighted by Crippen LogP contribution is 2.37. The summed E-state index contributed by atoms with van der Waals surface area (Å²) in [5.74, 6) is 0.546. The second-order valence-corrected chi connectivity index (χ2v) is 6.95. The Hall–Kier alpha value is -1.72. The number of nitrogens with one attached hydrogen (secondary N) is 2. The highest BCUT2D eigenvalue weighted by Gasteiger charge is 2.17. The van der Waals surface area contributed by atoms with Crippen molar-refractivity contribution in [1.29, 1.82) is 0 Å². The van der Waals surface area contributed by atoms with Crippen LogP contribution < -0.4 is 15.6 Å². The van der Waals surface area contributed by atoms with E-state index in [0.717, 1.165) is 40.8 Å². The Morgan fingerprint density at radius 3 is 3.00 bits per heavy atom. The smallest absolute Gasteiger partial charge is 0.281 e. The second-order valence-electron chi connectivity index (χ2n) is 5.52. The lowest BCUT2D eigenvalue weighted by Gasteiger charge is -2.10. The fourth-order valence-electron chi connectivity index (χ4n) is 2.64. The third-order valence-electron chi connectivity index (χ3n) is 3.92. The first-order valence-electron chi connectivity index (χ1n) is 7.70. The van der Waals surface area contributed by atoms with Gasteiger partial charge in [0.2, 0.25) is 0 Å². The largest absolute Gasteiger partial charge is 0.497 e. The van der Waals surface area contributed by atoms with Crippen LogP contribution in [0.25, 0.3) is 10.1 Å². The number of rotatable bonds is 4. The summed E-state index contributed by atoms with van der Waals surface area (Å²) in [6.07, 6.45) is 7.78. The van der Waals surface area contributed by atoms with Gasteiger partial charge in [-0.05, 0) is 43.9 Å². The van der Waals surface area contributed by atoms with Crippen LogP contribution in [0.5, 0.6) is 5.75 Å². The fourth-order valence-corrected chi connectivity index (χ4v) is 4.08. The number of methoxy groups -OCH3 is 1. The number of ether oxygens (including phenoxy) is 1. The van der Waals surface area contributed by atoms with Gasteiger partial charge in [0.15, 0.2) is 0 Å². The molecule has 1 aliphatic carbocycles. The average Bonchev–Trinajstić information content (AvgIpc) is 2.75. The number of hydrogen-bond donors (Lipinski definition) is 2. The van der Waals surface area contributed by atoms with E-state index in [1.807, 2.05) is 18.2 Å². The van der Waals surface area contributed by atoms with Gasteiger partial charge in [-0.2, -0.15) is 0 Å². The van der Waals surface area contributed by atoms with Gasteiger partial charge in [-0.25, -0.2) is 0 Å². The van der Waals surface area contributed by atoms with Crippen molar-refractivity contribution in [1.82, 2.24) is 10.9 Å². The Morgan fingerprint density at radius 2 is 2.17 bits per heavy atom. The molecule has 2 aromatic rings. The van der Waals surface area contributed by atoms with Crippen molar-refractivity contribution in [2.75, 3.05) is 7.11 Å². The van der Waals surface area contributed by atoms with E-state index in [1.165, 1.54) is 24.2 Å². The van der Waals surface area contributed by atoms with Crippen molar-refractivity contribution in [2.45, 2.75) is 32.1 Å². The van der Waals surface area contributed by atoms with Crippen LogP contribution in [-0.2, 0) is 0 Å². The molecule has 0 aliphatic heterocycles. The zero-order chi connectivity index (χ0) is 16.2. The van der Waals surface area contributed by atoms with Crippen molar-refractivity contribution >= 4 is 38.9 Å². The summed E-state index contributed by atoms with van der Waals surface area (Å²) in [5, 5.41) is 1.36. The Balaban J connectivity index is 1.75. The molecular formula is C17H19ClN2O2S. The van der Waals surface area contributed by atoms with Gasteiger partial charge in [0.25, 0.3) is 5.91 Å². The minimum absolute atomic E-state index is 0.208. The first-order valence-corrected chi connectivity index (χ1v) is 8.90. The maximum absolute atomic E-state index is 12.4. The molecule has 1 aliphatic rings. The molecule has 0 bridgehead atoms. The highest BCUT2D eigenvalue weighted by atomic mass is 35.5. The number of thiophene rings is 1. The normalized spacial score (nSPS) is 15.0. The second kappa shape index (κ2) is 7.23. The SMILES string of the molecule is COc1ccc2c(Cl)c(C(=O)NNC3=CCCCCC3)sc2c1. The van der Waals surface area contributed by atoms with Crippen molar-refractivity contribution in [2.24, 2.45) is 0 Å². The minimum Gasteiger partial charge on any atom is -0.497 e. The van der Waals surface area contributed by atoms with E-state index in [4.69, 9.17) is 16.3 Å². The van der Waals surface area contributed by atoms with Gasteiger partial charge in [-0.3, -0.25) is 10.2 Å². The Labute approximate surface area is 144 Å². The number of fused-ring (bicyclic) bond motifs is 1. The molecule has 1 aromatic carbocycles. The Morgan fingerprint density at radius 1 is 1.30 bits per heavy atom. The Kier molecular flexibility index (Phi) is 5.08. The number of hydrazine groups is 1. The lowest BCUT2D eigenvalue weighted by Crippen LogP contribution is -2.36. The van der Waals surface area contributed by atoms with Gasteiger partial charge in [-0.15, -0.1) is 11.3 Å². The number of halogens is 1. The quantitative estimate of drug-likeness (QED) is 0.789. The first-order chi connectivity index (χ1) is 11.2. The molecule has 0 unspecified atom stereocenters. The predicted molar refractivity (Wildman–Crippen MR) is 95.2 cm³/mol. The molecule has 0 radical (unpaired) electrons. The standard InChI is InChI=1S/C17H19ClN2O2S/c1-22-12-8-9-13-14(10-12)23-16(15(13)18)17(21)20-19-11-6-4-2-3-5-7-11/h6,8-10,19H,2-5,7H2,1H3,(H,20,21). The van der Waals surface area contributed by atoms with Crippen molar-refractivity contribution in [3.63, 3.8) is 0 Å². The molecule has 0 fully saturated rings. The van der Waals surface area contributed by atoms with E-state index in [1.54, 1.807) is 7.11 Å². The number of amides is 1. The van der Waals surface area contributed by atoms with Crippen LogP contribution in [0.4, 0.5) is 0 Å². The molecule has 122 valence electrons. The van der Waals surface area contributed by atoms with E-state index in [-0.39, 0.29) is 5.91 Å². The molecule has 6 heteroatoms. The molecule has 0 atom stereocenters. The number of carbonyl (C=O) groups is 1. The summed E-state index contributed by atoms with van der Waals surface area (Å²) in [4.78, 5) is 12.9. The maximum atomic E-state index is 12.4. The zero-order valence-electron chi connectivity index (χ0n) is 12.9. The lowest BCUT2D eigenvalue weighted by molar-refractivity contribution is 0.0942. The van der Waals surface area contributed by atoms with Gasteiger partial charge in [0.1, 0.15) is 10.6 Å². The molecular weight excluding hydrogens is 332 g/mol. The molecule has 23 heavy (non-hydrogen) atoms. The molecule has 3 rings (SSSR count). The van der Waals surface area contributed by atoms with Crippen LogP contribution in [0.3, 0.4) is 0 Å². The third kappa shape index (κ3) is 3.62. The third-order valence-corrected chi connectivity index (χ3v) is 5.58. The van der Waals surface area contributed by atoms with Crippen molar-refractivity contribution in [3.05, 3.63) is 39.9 Å². The van der Waals surface area contributed by atoms with E-state index in [0.29, 0.717) is 9.90 Å². The van der Waals surface area contributed by atoms with E-state index >= 15 is 0 Å². The van der Waals surface area contributed by atoms with Crippen LogP contribution in [0.1, 0.15) is 41.8 Å². The van der Waals surface area contributed by atoms with E-state index in [2.05, 4.69) is 16.9 Å². The van der Waals surface area contributed by atoms with Gasteiger partial charge in [0.05, 0.1) is 12.1 Å². The van der Waals surface area contributed by atoms with E-state index in [9.17, 15) is 4.79 Å². The monoisotopic (exact) mass is 350 g/mol. The summed E-state index contributed by atoms with van der Waals surface area (Å²) < 4.78 is 6.15. The summed E-state index contributed by atoms with van der Waals surface area (Å²) in [6.45, 7) is 0. The van der Waals surface area contributed by atoms with Crippen LogP contribution in [0.15, 0.2) is 30.0 Å². The summed E-state index contributed by atoms with van der Waals surface area (Å²) in [6, 6.07) is 5.62. The van der Waals surface area contributed by atoms with Crippen LogP contribution in [0, 0.1) is 0 Å². The number of allylic oxidation sites excluding steroid dienone is 2. The summed E-state index contributed by atoms with van der Waals surface area (Å²) in [7, 11) is 1.62. The average molecular weight is 351 g/mol. The van der Waals surface area contributed by atoms with Crippen molar-refractivity contribution < 1.29 is 9.53 Å². The van der Waals surface area contributed by atoms with Gasteiger partial charge in [-0.1, -0.05) is 24.1 Å². The van der Waals surface area contributed by atoms with E-state index < -0.39 is 0 Å². The van der Waals surface area contributed by atoms with Gasteiger partial charge in [0, 0.05) is 15.8 Å². The molecule has 0 saturated carbocycles. The van der Waals surface area contributed by atoms with Gasteiger partial charge < -0.3 is 10.2 Å². The Bertz CT molecular complexity index is 754. The number of benzene rings is 1. The lowest BCUT2D eigenvalue weighted by atomic mass is 10.2. The fraction of sp³-hybridized carbons (Fsp3) is 0.353. The molecule has 0 spiro atoms. The molecule has 1 aromatic heterocycles. The zero-order valence-corrected chi connectivity index (χ0v) is 14.5. The summed E-state index contributed by atoms with van der Waals surface area (Å²) in [5.41, 5.74) is 6.88. The molecule has 4 nitrogen and oxygen atoms in total. The minimum atomic E-state index is -0.208. The first kappa shape index (κ1) is 16.1. The highest BCUT2D eigenvalue weighted by molar-refractivity contribution is 7.21. The molecule has 0 saturated heterocycles. The van der Waals surface area contributed by atoms with Gasteiger partial charge >= 0.3 is 0 Å². The molecule has 2 N–H and O–H groups in total. The number of hydrogen-bond acceptors (Lipinski definition) is 4. The predicted octanol–water partition coefficient (Wildman–Crippen LogP) is 4.65. The topological polar surface area (TPSA) is 50.4 Å². The van der Waals surface area contributed by atoms with Crippen LogP contribution in [-0.4, -0.2) is 13.0 Å². The molecule has 1 amide bonds. The molecule has 1 heterocycles. The van der Waals surface area contributed by atoms with Crippen molar-refractivity contribution in [3.8, 4) is 5.75 Å².